The van der Waals surface area contributed by atoms with Crippen LogP contribution in [0.5, 0.6) is 0 Å². The summed E-state index contributed by atoms with van der Waals surface area (Å²) in [5.41, 5.74) is 0. The van der Waals surface area contributed by atoms with Crippen molar-refractivity contribution in [3.8, 4) is 0 Å². The molecule has 0 atom stereocenters. The zero-order valence-electron chi connectivity index (χ0n) is 12.3. The zero-order chi connectivity index (χ0) is 12.3. The largest absolute Gasteiger partial charge is 0.0683 e. The quantitative estimate of drug-likeness (QED) is 0.509. The molecule has 0 nitrogen and oxygen atoms in total. The van der Waals surface area contributed by atoms with Crippen LogP contribution >= 0.6 is 0 Å². The minimum absolute atomic E-state index is 0.833. The van der Waals surface area contributed by atoms with E-state index in [2.05, 4.69) is 34.6 Å². The van der Waals surface area contributed by atoms with Crippen LogP contribution in [0.2, 0.25) is 0 Å². The van der Waals surface area contributed by atoms with Gasteiger partial charge in [0.05, 0.1) is 0 Å². The summed E-state index contributed by atoms with van der Waals surface area (Å²) in [6, 6.07) is 0. The highest BCUT2D eigenvalue weighted by atomic mass is 14.2. The van der Waals surface area contributed by atoms with E-state index in [0.717, 1.165) is 17.8 Å². The number of hydrogen-bond donors (Lipinski definition) is 0. The van der Waals surface area contributed by atoms with Crippen molar-refractivity contribution in [2.45, 2.75) is 80.6 Å². The lowest BCUT2D eigenvalue weighted by Gasteiger charge is -2.24. The van der Waals surface area contributed by atoms with Crippen LogP contribution < -0.4 is 0 Å². The van der Waals surface area contributed by atoms with Crippen molar-refractivity contribution in [1.82, 2.24) is 0 Å². The summed E-state index contributed by atoms with van der Waals surface area (Å²) in [6.45, 7) is 15.2. The fourth-order valence-electron chi connectivity index (χ4n) is 1.80. The van der Waals surface area contributed by atoms with Gasteiger partial charge in [0.1, 0.15) is 0 Å². The van der Waals surface area contributed by atoms with Gasteiger partial charge in [0.15, 0.2) is 0 Å². The van der Waals surface area contributed by atoms with Gasteiger partial charge in [-0.25, -0.2) is 0 Å². The van der Waals surface area contributed by atoms with E-state index >= 15 is 0 Å². The van der Waals surface area contributed by atoms with Crippen LogP contribution in [0.4, 0.5) is 0 Å². The van der Waals surface area contributed by atoms with Crippen molar-refractivity contribution in [2.75, 3.05) is 0 Å². The third-order valence-corrected chi connectivity index (χ3v) is 2.59. The van der Waals surface area contributed by atoms with Gasteiger partial charge < -0.3 is 0 Å². The van der Waals surface area contributed by atoms with Gasteiger partial charge in [-0.15, -0.1) is 0 Å². The molecule has 0 heterocycles. The Balaban J connectivity index is 0. The second-order valence-electron chi connectivity index (χ2n) is 5.37. The van der Waals surface area contributed by atoms with E-state index in [4.69, 9.17) is 0 Å². The third-order valence-electron chi connectivity index (χ3n) is 2.59. The third kappa shape index (κ3) is 14.0. The molecule has 1 aliphatic rings. The molecule has 15 heavy (non-hydrogen) atoms. The Bertz CT molecular complexity index is 93.9. The smallest absolute Gasteiger partial charge is 0.0391 e. The summed E-state index contributed by atoms with van der Waals surface area (Å²) >= 11 is 0. The van der Waals surface area contributed by atoms with Crippen molar-refractivity contribution in [1.29, 1.82) is 0 Å². The van der Waals surface area contributed by atoms with Crippen LogP contribution in [0, 0.1) is 17.8 Å². The molecule has 0 saturated heterocycles. The van der Waals surface area contributed by atoms with Crippen molar-refractivity contribution in [2.24, 2.45) is 17.8 Å². The summed E-state index contributed by atoms with van der Waals surface area (Å²) < 4.78 is 0. The normalized spacial score (nSPS) is 16.6. The van der Waals surface area contributed by atoms with Crippen molar-refractivity contribution in [3.05, 3.63) is 0 Å². The van der Waals surface area contributed by atoms with Crippen LogP contribution in [0.25, 0.3) is 0 Å². The van der Waals surface area contributed by atoms with E-state index in [1.165, 1.54) is 32.1 Å². The molecule has 0 aromatic carbocycles. The van der Waals surface area contributed by atoms with E-state index < -0.39 is 0 Å². The van der Waals surface area contributed by atoms with Gasteiger partial charge in [-0.2, -0.15) is 0 Å². The first-order chi connectivity index (χ1) is 7.04. The van der Waals surface area contributed by atoms with Gasteiger partial charge in [0.2, 0.25) is 0 Å². The van der Waals surface area contributed by atoms with E-state index in [0.29, 0.717) is 0 Å². The zero-order valence-corrected chi connectivity index (χ0v) is 12.3. The fraction of sp³-hybridized carbons (Fsp3) is 1.00. The maximum atomic E-state index is 2.36. The highest BCUT2D eigenvalue weighted by molar-refractivity contribution is 4.67. The maximum absolute atomic E-state index is 2.36. The molecule has 0 bridgehead atoms. The first kappa shape index (κ1) is 17.4. The first-order valence-corrected chi connectivity index (χ1v) is 7.04. The average molecular weight is 214 g/mol. The van der Waals surface area contributed by atoms with Crippen LogP contribution in [-0.2, 0) is 0 Å². The average Bonchev–Trinajstić information content (AvgIpc) is 2.21. The fourth-order valence-corrected chi connectivity index (χ4v) is 1.80. The summed E-state index contributed by atoms with van der Waals surface area (Å²) in [5, 5.41) is 0. The summed E-state index contributed by atoms with van der Waals surface area (Å²) in [6.07, 6.45) is 7.46. The topological polar surface area (TPSA) is 0 Å². The SMILES string of the molecule is CC.CC(C)C.CC(C)C1CCCCC1. The number of hydrogen-bond acceptors (Lipinski definition) is 0. The molecular formula is C15H34. The van der Waals surface area contributed by atoms with Gasteiger partial charge in [-0.05, 0) is 17.8 Å². The Morgan fingerprint density at radius 3 is 1.27 bits per heavy atom. The Morgan fingerprint density at radius 1 is 0.733 bits per heavy atom. The highest BCUT2D eigenvalue weighted by Gasteiger charge is 2.15. The molecule has 0 N–H and O–H groups in total. The van der Waals surface area contributed by atoms with Crippen molar-refractivity contribution < 1.29 is 0 Å². The van der Waals surface area contributed by atoms with Crippen LogP contribution in [-0.4, -0.2) is 0 Å². The highest BCUT2D eigenvalue weighted by Crippen LogP contribution is 2.29. The molecule has 0 heteroatoms. The van der Waals surface area contributed by atoms with Crippen LogP contribution in [0.15, 0.2) is 0 Å². The molecule has 0 aromatic heterocycles. The molecular weight excluding hydrogens is 180 g/mol. The molecule has 0 spiro atoms. The summed E-state index contributed by atoms with van der Waals surface area (Å²) in [7, 11) is 0. The molecule has 0 unspecified atom stereocenters. The molecule has 1 rings (SSSR count). The minimum Gasteiger partial charge on any atom is -0.0683 e. The van der Waals surface area contributed by atoms with E-state index in [9.17, 15) is 0 Å². The van der Waals surface area contributed by atoms with E-state index in [1.54, 1.807) is 0 Å². The first-order valence-electron chi connectivity index (χ1n) is 7.04. The summed E-state index contributed by atoms with van der Waals surface area (Å²) in [4.78, 5) is 0. The van der Waals surface area contributed by atoms with Crippen molar-refractivity contribution >= 4 is 0 Å². The van der Waals surface area contributed by atoms with E-state index in [-0.39, 0.29) is 0 Å². The van der Waals surface area contributed by atoms with Gasteiger partial charge in [0, 0.05) is 0 Å². The Kier molecular flexibility index (Phi) is 14.0. The lowest BCUT2D eigenvalue weighted by molar-refractivity contribution is 0.279. The lowest BCUT2D eigenvalue weighted by Crippen LogP contribution is -2.12. The Labute approximate surface area is 98.9 Å². The molecule has 0 amide bonds. The van der Waals surface area contributed by atoms with Gasteiger partial charge >= 0.3 is 0 Å². The second kappa shape index (κ2) is 12.1. The molecule has 0 aromatic rings. The van der Waals surface area contributed by atoms with Gasteiger partial charge in [-0.1, -0.05) is 80.6 Å². The Hall–Kier alpha value is 0. The minimum atomic E-state index is 0.833. The predicted molar refractivity (Wildman–Crippen MR) is 73.3 cm³/mol. The second-order valence-corrected chi connectivity index (χ2v) is 5.37. The molecule has 0 radical (unpaired) electrons. The molecule has 94 valence electrons. The van der Waals surface area contributed by atoms with Crippen LogP contribution in [0.1, 0.15) is 80.6 Å². The monoisotopic (exact) mass is 214 g/mol. The van der Waals surface area contributed by atoms with Gasteiger partial charge in [-0.3, -0.25) is 0 Å². The predicted octanol–water partition coefficient (Wildman–Crippen LogP) is 5.91. The van der Waals surface area contributed by atoms with Crippen LogP contribution in [0.3, 0.4) is 0 Å². The molecule has 0 aliphatic heterocycles. The number of rotatable bonds is 1. The Morgan fingerprint density at radius 2 is 1.07 bits per heavy atom. The lowest BCUT2D eigenvalue weighted by atomic mass is 9.82. The van der Waals surface area contributed by atoms with Crippen molar-refractivity contribution in [3.63, 3.8) is 0 Å². The summed E-state index contributed by atoms with van der Waals surface area (Å²) in [5.74, 6) is 2.82. The molecule has 1 saturated carbocycles. The molecule has 1 fully saturated rings. The molecule has 1 aliphatic carbocycles. The standard InChI is InChI=1S/C9H18.C4H10.C2H6/c1-8(2)9-6-4-3-5-7-9;1-4(2)3;1-2/h8-9H,3-7H2,1-2H3;4H,1-3H3;1-2H3. The van der Waals surface area contributed by atoms with Gasteiger partial charge in [0.25, 0.3) is 0 Å². The van der Waals surface area contributed by atoms with E-state index in [1.807, 2.05) is 13.8 Å². The maximum Gasteiger partial charge on any atom is -0.0391 e.